The van der Waals surface area contributed by atoms with Crippen molar-refractivity contribution in [2.45, 2.75) is 19.6 Å². The number of aliphatic hydroxyl groups excluding tert-OH is 1. The fraction of sp³-hybridized carbons (Fsp3) is 0.368. The lowest BCUT2D eigenvalue weighted by atomic mass is 10.2. The number of carbonyl (C=O) groups is 1. The second-order valence-electron chi connectivity index (χ2n) is 6.18. The van der Waals surface area contributed by atoms with Crippen molar-refractivity contribution in [3.05, 3.63) is 53.7 Å². The largest absolute Gasteiger partial charge is 0.497 e. The second kappa shape index (κ2) is 7.53. The first-order chi connectivity index (χ1) is 12.1. The fourth-order valence-corrected chi connectivity index (χ4v) is 2.87. The zero-order chi connectivity index (χ0) is 17.8. The predicted molar refractivity (Wildman–Crippen MR) is 95.5 cm³/mol. The maximum Gasteiger partial charge on any atom is 0.242 e. The maximum atomic E-state index is 12.5. The van der Waals surface area contributed by atoms with Crippen LogP contribution in [0.1, 0.15) is 24.3 Å². The topological polar surface area (TPSA) is 65.9 Å². The van der Waals surface area contributed by atoms with Crippen molar-refractivity contribution in [3.8, 4) is 5.75 Å². The van der Waals surface area contributed by atoms with Gasteiger partial charge in [0, 0.05) is 19.6 Å². The van der Waals surface area contributed by atoms with Crippen LogP contribution in [0.3, 0.4) is 0 Å². The average Bonchev–Trinajstić information content (AvgIpc) is 2.64. The number of amides is 1. The minimum Gasteiger partial charge on any atom is -0.497 e. The van der Waals surface area contributed by atoms with Gasteiger partial charge in [-0.15, -0.1) is 0 Å². The third kappa shape index (κ3) is 4.09. The molecule has 0 spiro atoms. The van der Waals surface area contributed by atoms with Gasteiger partial charge in [0.15, 0.2) is 0 Å². The van der Waals surface area contributed by atoms with E-state index in [1.54, 1.807) is 20.1 Å². The van der Waals surface area contributed by atoms with Crippen LogP contribution in [-0.2, 0) is 11.3 Å². The van der Waals surface area contributed by atoms with Gasteiger partial charge in [-0.05, 0) is 36.8 Å². The highest BCUT2D eigenvalue weighted by Crippen LogP contribution is 2.19. The van der Waals surface area contributed by atoms with E-state index in [4.69, 9.17) is 4.74 Å². The van der Waals surface area contributed by atoms with Crippen LogP contribution in [0.5, 0.6) is 5.75 Å². The third-order valence-corrected chi connectivity index (χ3v) is 4.36. The number of piperazine rings is 1. The molecule has 1 aromatic carbocycles. The first-order valence-electron chi connectivity index (χ1n) is 8.37. The van der Waals surface area contributed by atoms with Gasteiger partial charge < -0.3 is 19.6 Å². The normalized spacial score (nSPS) is 16.0. The van der Waals surface area contributed by atoms with Crippen LogP contribution in [0.25, 0.3) is 0 Å². The van der Waals surface area contributed by atoms with Crippen molar-refractivity contribution < 1.29 is 14.6 Å². The Morgan fingerprint density at radius 3 is 2.60 bits per heavy atom. The van der Waals surface area contributed by atoms with Gasteiger partial charge >= 0.3 is 0 Å². The SMILES string of the molecule is COc1ccc(CN2CCN(c3cccc([C@@H](C)O)n3)CC2=O)cc1. The van der Waals surface area contributed by atoms with Crippen LogP contribution < -0.4 is 9.64 Å². The molecule has 25 heavy (non-hydrogen) atoms. The van der Waals surface area contributed by atoms with E-state index in [1.807, 2.05) is 46.2 Å². The molecule has 6 heteroatoms. The Labute approximate surface area is 147 Å². The molecular formula is C19H23N3O3. The van der Waals surface area contributed by atoms with Crippen LogP contribution in [0.4, 0.5) is 5.82 Å². The number of carbonyl (C=O) groups excluding carboxylic acids is 1. The Morgan fingerprint density at radius 2 is 1.96 bits per heavy atom. The van der Waals surface area contributed by atoms with Crippen molar-refractivity contribution in [1.82, 2.24) is 9.88 Å². The monoisotopic (exact) mass is 341 g/mol. The number of pyridine rings is 1. The molecule has 1 N–H and O–H groups in total. The molecular weight excluding hydrogens is 318 g/mol. The number of benzene rings is 1. The van der Waals surface area contributed by atoms with Crippen LogP contribution >= 0.6 is 0 Å². The molecule has 0 unspecified atom stereocenters. The summed E-state index contributed by atoms with van der Waals surface area (Å²) in [5.41, 5.74) is 1.70. The summed E-state index contributed by atoms with van der Waals surface area (Å²) < 4.78 is 5.16. The number of methoxy groups -OCH3 is 1. The van der Waals surface area contributed by atoms with Crippen molar-refractivity contribution in [1.29, 1.82) is 0 Å². The summed E-state index contributed by atoms with van der Waals surface area (Å²) in [5, 5.41) is 9.68. The molecule has 0 saturated carbocycles. The molecule has 132 valence electrons. The highest BCUT2D eigenvalue weighted by atomic mass is 16.5. The first kappa shape index (κ1) is 17.2. The molecule has 0 bridgehead atoms. The minimum absolute atomic E-state index is 0.0753. The lowest BCUT2D eigenvalue weighted by Gasteiger charge is -2.35. The number of anilines is 1. The maximum absolute atomic E-state index is 12.5. The van der Waals surface area contributed by atoms with Crippen LogP contribution in [0.2, 0.25) is 0 Å². The Bertz CT molecular complexity index is 731. The molecule has 1 aliphatic rings. The van der Waals surface area contributed by atoms with Gasteiger partial charge in [0.1, 0.15) is 11.6 Å². The molecule has 2 heterocycles. The van der Waals surface area contributed by atoms with Crippen molar-refractivity contribution >= 4 is 11.7 Å². The van der Waals surface area contributed by atoms with Crippen LogP contribution in [0, 0.1) is 0 Å². The molecule has 1 atom stereocenters. The van der Waals surface area contributed by atoms with Gasteiger partial charge in [0.05, 0.1) is 25.5 Å². The summed E-state index contributed by atoms with van der Waals surface area (Å²) in [7, 11) is 1.64. The quantitative estimate of drug-likeness (QED) is 0.901. The summed E-state index contributed by atoms with van der Waals surface area (Å²) in [6.45, 7) is 3.94. The van der Waals surface area contributed by atoms with Gasteiger partial charge in [-0.3, -0.25) is 4.79 Å². The van der Waals surface area contributed by atoms with E-state index in [0.717, 1.165) is 23.7 Å². The standard InChI is InChI=1S/C19H23N3O3/c1-14(23)17-4-3-5-18(20-17)21-10-11-22(19(24)13-21)12-15-6-8-16(25-2)9-7-15/h3-9,14,23H,10-13H2,1-2H3/t14-/m1/s1. The molecule has 1 fully saturated rings. The summed E-state index contributed by atoms with van der Waals surface area (Å²) >= 11 is 0. The van der Waals surface area contributed by atoms with E-state index >= 15 is 0 Å². The number of rotatable bonds is 5. The highest BCUT2D eigenvalue weighted by Gasteiger charge is 2.25. The molecule has 1 saturated heterocycles. The van der Waals surface area contributed by atoms with Crippen molar-refractivity contribution in [3.63, 3.8) is 0 Å². The van der Waals surface area contributed by atoms with E-state index in [9.17, 15) is 9.90 Å². The molecule has 0 aliphatic carbocycles. The number of nitrogens with zero attached hydrogens (tertiary/aromatic N) is 3. The predicted octanol–water partition coefficient (Wildman–Crippen LogP) is 1.99. The molecule has 1 amide bonds. The van der Waals surface area contributed by atoms with Gasteiger partial charge in [0.2, 0.25) is 5.91 Å². The summed E-state index contributed by atoms with van der Waals surface area (Å²) in [5.74, 6) is 1.62. The molecule has 1 aliphatic heterocycles. The summed E-state index contributed by atoms with van der Waals surface area (Å²) in [4.78, 5) is 20.8. The highest BCUT2D eigenvalue weighted by molar-refractivity contribution is 5.82. The van der Waals surface area contributed by atoms with Gasteiger partial charge in [0.25, 0.3) is 0 Å². The van der Waals surface area contributed by atoms with E-state index in [-0.39, 0.29) is 5.91 Å². The zero-order valence-electron chi connectivity index (χ0n) is 14.6. The van der Waals surface area contributed by atoms with E-state index in [0.29, 0.717) is 25.3 Å². The number of hydrogen-bond donors (Lipinski definition) is 1. The van der Waals surface area contributed by atoms with E-state index in [1.165, 1.54) is 0 Å². The number of ether oxygens (including phenoxy) is 1. The Balaban J connectivity index is 1.64. The Hall–Kier alpha value is -2.60. The van der Waals surface area contributed by atoms with Crippen LogP contribution in [-0.4, -0.2) is 47.6 Å². The summed E-state index contributed by atoms with van der Waals surface area (Å²) in [6, 6.07) is 13.3. The van der Waals surface area contributed by atoms with Gasteiger partial charge in [-0.1, -0.05) is 18.2 Å². The Morgan fingerprint density at radius 1 is 1.20 bits per heavy atom. The van der Waals surface area contributed by atoms with Crippen LogP contribution in [0.15, 0.2) is 42.5 Å². The lowest BCUT2D eigenvalue weighted by molar-refractivity contribution is -0.131. The molecule has 2 aromatic rings. The molecule has 0 radical (unpaired) electrons. The summed E-state index contributed by atoms with van der Waals surface area (Å²) in [6.07, 6.45) is -0.619. The third-order valence-electron chi connectivity index (χ3n) is 4.36. The lowest BCUT2D eigenvalue weighted by Crippen LogP contribution is -2.50. The fourth-order valence-electron chi connectivity index (χ4n) is 2.87. The van der Waals surface area contributed by atoms with Crippen molar-refractivity contribution in [2.75, 3.05) is 31.6 Å². The zero-order valence-corrected chi connectivity index (χ0v) is 14.6. The van der Waals surface area contributed by atoms with Crippen molar-refractivity contribution in [2.24, 2.45) is 0 Å². The molecule has 6 nitrogen and oxygen atoms in total. The number of aromatic nitrogens is 1. The molecule has 3 rings (SSSR count). The Kier molecular flexibility index (Phi) is 5.19. The van der Waals surface area contributed by atoms with Gasteiger partial charge in [-0.2, -0.15) is 0 Å². The minimum atomic E-state index is -0.619. The first-order valence-corrected chi connectivity index (χ1v) is 8.37. The van der Waals surface area contributed by atoms with E-state index < -0.39 is 6.10 Å². The smallest absolute Gasteiger partial charge is 0.242 e. The van der Waals surface area contributed by atoms with E-state index in [2.05, 4.69) is 4.98 Å². The van der Waals surface area contributed by atoms with Gasteiger partial charge in [-0.25, -0.2) is 4.98 Å². The number of aliphatic hydroxyl groups is 1. The number of hydrogen-bond acceptors (Lipinski definition) is 5. The second-order valence-corrected chi connectivity index (χ2v) is 6.18. The average molecular weight is 341 g/mol. The molecule has 1 aromatic heterocycles.